The van der Waals surface area contributed by atoms with Crippen molar-refractivity contribution in [3.63, 3.8) is 0 Å². The van der Waals surface area contributed by atoms with E-state index in [9.17, 15) is 4.79 Å². The zero-order chi connectivity index (χ0) is 18.4. The van der Waals surface area contributed by atoms with Crippen LogP contribution < -0.4 is 0 Å². The SMILES string of the molecule is CC(C)c1cc(C(=O)N2CCC[C@H]2[C@@H]2CCCN2C)nn1C(C)(C)C. The molecule has 0 unspecified atom stereocenters. The quantitative estimate of drug-likeness (QED) is 0.842. The molecule has 0 N–H and O–H groups in total. The first kappa shape index (κ1) is 18.4. The number of amides is 1. The van der Waals surface area contributed by atoms with Crippen LogP contribution in [-0.2, 0) is 5.54 Å². The number of likely N-dealkylation sites (tertiary alicyclic amines) is 2. The average Bonchev–Trinajstić information content (AvgIpc) is 3.23. The summed E-state index contributed by atoms with van der Waals surface area (Å²) in [6.45, 7) is 12.8. The highest BCUT2D eigenvalue weighted by Crippen LogP contribution is 2.31. The molecule has 0 radical (unpaired) electrons. The molecule has 3 heterocycles. The van der Waals surface area contributed by atoms with Crippen LogP contribution in [0.3, 0.4) is 0 Å². The van der Waals surface area contributed by atoms with Gasteiger partial charge in [-0.15, -0.1) is 0 Å². The third-order valence-electron chi connectivity index (χ3n) is 5.76. The summed E-state index contributed by atoms with van der Waals surface area (Å²) in [7, 11) is 2.20. The Hall–Kier alpha value is -1.36. The van der Waals surface area contributed by atoms with Crippen LogP contribution in [0.5, 0.6) is 0 Å². The molecule has 0 aromatic carbocycles. The van der Waals surface area contributed by atoms with Crippen molar-refractivity contribution in [3.05, 3.63) is 17.5 Å². The van der Waals surface area contributed by atoms with Crippen LogP contribution in [0.4, 0.5) is 0 Å². The van der Waals surface area contributed by atoms with Gasteiger partial charge in [-0.2, -0.15) is 5.10 Å². The van der Waals surface area contributed by atoms with E-state index in [4.69, 9.17) is 5.10 Å². The summed E-state index contributed by atoms with van der Waals surface area (Å²) in [5, 5.41) is 4.74. The smallest absolute Gasteiger partial charge is 0.274 e. The van der Waals surface area contributed by atoms with Gasteiger partial charge in [0.1, 0.15) is 0 Å². The van der Waals surface area contributed by atoms with E-state index in [1.807, 2.05) is 10.7 Å². The van der Waals surface area contributed by atoms with Crippen molar-refractivity contribution in [1.82, 2.24) is 19.6 Å². The largest absolute Gasteiger partial charge is 0.333 e. The van der Waals surface area contributed by atoms with Crippen LogP contribution in [0.15, 0.2) is 6.07 Å². The average molecular weight is 347 g/mol. The van der Waals surface area contributed by atoms with E-state index in [1.165, 1.54) is 12.8 Å². The summed E-state index contributed by atoms with van der Waals surface area (Å²) in [4.78, 5) is 17.8. The van der Waals surface area contributed by atoms with E-state index in [-0.39, 0.29) is 11.4 Å². The standard InChI is InChI=1S/C20H34N4O/c1-14(2)18-13-15(21-24(18)20(3,4)5)19(25)23-12-8-10-17(23)16-9-7-11-22(16)6/h13-14,16-17H,7-12H2,1-6H3/t16-,17-/m0/s1. The molecule has 1 aromatic heterocycles. The maximum absolute atomic E-state index is 13.3. The molecular formula is C20H34N4O. The number of hydrogen-bond donors (Lipinski definition) is 0. The molecule has 0 aliphatic carbocycles. The lowest BCUT2D eigenvalue weighted by Crippen LogP contribution is -2.47. The highest BCUT2D eigenvalue weighted by atomic mass is 16.2. The van der Waals surface area contributed by atoms with Gasteiger partial charge in [-0.25, -0.2) is 0 Å². The van der Waals surface area contributed by atoms with Crippen molar-refractivity contribution >= 4 is 5.91 Å². The minimum atomic E-state index is -0.117. The molecule has 1 amide bonds. The Labute approximate surface area is 152 Å². The number of carbonyl (C=O) groups is 1. The monoisotopic (exact) mass is 346 g/mol. The predicted molar refractivity (Wildman–Crippen MR) is 101 cm³/mol. The zero-order valence-corrected chi connectivity index (χ0v) is 16.7. The minimum Gasteiger partial charge on any atom is -0.333 e. The lowest BCUT2D eigenvalue weighted by atomic mass is 10.0. The number of nitrogens with zero attached hydrogens (tertiary/aromatic N) is 4. The first-order chi connectivity index (χ1) is 11.7. The molecule has 2 aliphatic heterocycles. The maximum Gasteiger partial charge on any atom is 0.274 e. The Kier molecular flexibility index (Phi) is 4.97. The van der Waals surface area contributed by atoms with Crippen molar-refractivity contribution in [3.8, 4) is 0 Å². The summed E-state index contributed by atoms with van der Waals surface area (Å²) in [6.07, 6.45) is 4.68. The Morgan fingerprint density at radius 1 is 1.16 bits per heavy atom. The highest BCUT2D eigenvalue weighted by Gasteiger charge is 2.39. The van der Waals surface area contributed by atoms with Gasteiger partial charge in [-0.3, -0.25) is 9.48 Å². The van der Waals surface area contributed by atoms with E-state index in [2.05, 4.69) is 51.5 Å². The topological polar surface area (TPSA) is 41.4 Å². The number of aromatic nitrogens is 2. The second kappa shape index (κ2) is 6.75. The van der Waals surface area contributed by atoms with E-state index in [0.29, 0.717) is 23.7 Å². The van der Waals surface area contributed by atoms with Crippen molar-refractivity contribution < 1.29 is 4.79 Å². The Morgan fingerprint density at radius 2 is 1.80 bits per heavy atom. The molecule has 2 atom stereocenters. The highest BCUT2D eigenvalue weighted by molar-refractivity contribution is 5.93. The van der Waals surface area contributed by atoms with Gasteiger partial charge in [0, 0.05) is 24.3 Å². The van der Waals surface area contributed by atoms with Gasteiger partial charge in [-0.05, 0) is 72.0 Å². The molecule has 0 bridgehead atoms. The van der Waals surface area contributed by atoms with Gasteiger partial charge in [0.2, 0.25) is 0 Å². The van der Waals surface area contributed by atoms with Gasteiger partial charge in [0.05, 0.1) is 5.54 Å². The molecular weight excluding hydrogens is 312 g/mol. The Morgan fingerprint density at radius 3 is 2.32 bits per heavy atom. The zero-order valence-electron chi connectivity index (χ0n) is 16.7. The summed E-state index contributed by atoms with van der Waals surface area (Å²) in [5.74, 6) is 0.469. The van der Waals surface area contributed by atoms with Crippen molar-refractivity contribution in [2.24, 2.45) is 0 Å². The first-order valence-corrected chi connectivity index (χ1v) is 9.82. The summed E-state index contributed by atoms with van der Waals surface area (Å²) in [6, 6.07) is 2.88. The third kappa shape index (κ3) is 3.48. The van der Waals surface area contributed by atoms with Crippen LogP contribution in [0.2, 0.25) is 0 Å². The Balaban J connectivity index is 1.87. The van der Waals surface area contributed by atoms with Crippen LogP contribution in [-0.4, -0.2) is 57.7 Å². The fourth-order valence-corrected chi connectivity index (χ4v) is 4.46. The molecule has 2 saturated heterocycles. The second-order valence-electron chi connectivity index (χ2n) is 9.09. The first-order valence-electron chi connectivity index (χ1n) is 9.82. The molecule has 2 aliphatic rings. The van der Waals surface area contributed by atoms with Gasteiger partial charge < -0.3 is 9.80 Å². The maximum atomic E-state index is 13.3. The summed E-state index contributed by atoms with van der Waals surface area (Å²) in [5.41, 5.74) is 1.64. The molecule has 25 heavy (non-hydrogen) atoms. The fourth-order valence-electron chi connectivity index (χ4n) is 4.46. The molecule has 0 saturated carbocycles. The van der Waals surface area contributed by atoms with Gasteiger partial charge >= 0.3 is 0 Å². The predicted octanol–water partition coefficient (Wildman–Crippen LogP) is 3.46. The Bertz CT molecular complexity index is 628. The number of rotatable bonds is 3. The molecule has 2 fully saturated rings. The lowest BCUT2D eigenvalue weighted by Gasteiger charge is -2.32. The van der Waals surface area contributed by atoms with Crippen LogP contribution in [0.25, 0.3) is 0 Å². The minimum absolute atomic E-state index is 0.117. The fraction of sp³-hybridized carbons (Fsp3) is 0.800. The molecule has 5 heteroatoms. The third-order valence-corrected chi connectivity index (χ3v) is 5.76. The molecule has 3 rings (SSSR count). The van der Waals surface area contributed by atoms with Gasteiger partial charge in [0.25, 0.3) is 5.91 Å². The molecule has 140 valence electrons. The van der Waals surface area contributed by atoms with Crippen molar-refractivity contribution in [2.45, 2.75) is 83.8 Å². The molecule has 0 spiro atoms. The number of likely N-dealkylation sites (N-methyl/N-ethyl adjacent to an activating group) is 1. The van der Waals surface area contributed by atoms with Crippen molar-refractivity contribution in [1.29, 1.82) is 0 Å². The normalized spacial score (nSPS) is 25.3. The van der Waals surface area contributed by atoms with E-state index in [1.54, 1.807) is 0 Å². The van der Waals surface area contributed by atoms with Crippen LogP contribution in [0.1, 0.15) is 82.4 Å². The van der Waals surface area contributed by atoms with Crippen LogP contribution in [0, 0.1) is 0 Å². The summed E-state index contributed by atoms with van der Waals surface area (Å²) >= 11 is 0. The van der Waals surface area contributed by atoms with Gasteiger partial charge in [-0.1, -0.05) is 13.8 Å². The second-order valence-corrected chi connectivity index (χ2v) is 9.09. The van der Waals surface area contributed by atoms with Gasteiger partial charge in [0.15, 0.2) is 5.69 Å². The molecule has 1 aromatic rings. The lowest BCUT2D eigenvalue weighted by molar-refractivity contribution is 0.0657. The number of hydrogen-bond acceptors (Lipinski definition) is 3. The summed E-state index contributed by atoms with van der Waals surface area (Å²) < 4.78 is 2.04. The number of carbonyl (C=O) groups excluding carboxylic acids is 1. The van der Waals surface area contributed by atoms with E-state index in [0.717, 1.165) is 31.6 Å². The van der Waals surface area contributed by atoms with E-state index < -0.39 is 0 Å². The van der Waals surface area contributed by atoms with Crippen molar-refractivity contribution in [2.75, 3.05) is 20.1 Å². The van der Waals surface area contributed by atoms with Crippen LogP contribution >= 0.6 is 0 Å². The molecule has 5 nitrogen and oxygen atoms in total. The van der Waals surface area contributed by atoms with E-state index >= 15 is 0 Å².